The van der Waals surface area contributed by atoms with Crippen LogP contribution in [0, 0.1) is 0 Å². The number of thiocarbonyl (C=S) groups is 1. The second-order valence-corrected chi connectivity index (χ2v) is 4.57. The van der Waals surface area contributed by atoms with E-state index in [9.17, 15) is 0 Å². The fraction of sp³-hybridized carbons (Fsp3) is 0.750. The maximum atomic E-state index is 4.91. The lowest BCUT2D eigenvalue weighted by Crippen LogP contribution is -2.46. The molecule has 0 atom stereocenters. The summed E-state index contributed by atoms with van der Waals surface area (Å²) in [5.74, 6) is 0. The summed E-state index contributed by atoms with van der Waals surface area (Å²) in [6.07, 6.45) is 3.08. The van der Waals surface area contributed by atoms with Crippen LogP contribution in [0.2, 0.25) is 0 Å². The number of nitrogens with one attached hydrogen (secondary N) is 1. The minimum Gasteiger partial charge on any atom is -0.474 e. The summed E-state index contributed by atoms with van der Waals surface area (Å²) in [5, 5.41) is 3.55. The monoisotopic (exact) mass is 257 g/mol. The van der Waals surface area contributed by atoms with Crippen molar-refractivity contribution in [2.45, 2.75) is 6.42 Å². The minimum absolute atomic E-state index is 0.487. The lowest BCUT2D eigenvalue weighted by Gasteiger charge is -2.34. The standard InChI is InChI=1S/C12H23N3OS/c1-3-6-14-8-10-15(11-9-14)7-4-5-13-12(17)16-2/h3H,1,4-11H2,2H3,(H,13,17). The van der Waals surface area contributed by atoms with Crippen LogP contribution in [0.5, 0.6) is 0 Å². The maximum absolute atomic E-state index is 4.91. The van der Waals surface area contributed by atoms with Gasteiger partial charge in [-0.2, -0.15) is 0 Å². The van der Waals surface area contributed by atoms with Gasteiger partial charge in [-0.15, -0.1) is 6.58 Å². The van der Waals surface area contributed by atoms with Crippen molar-refractivity contribution in [3.8, 4) is 0 Å². The molecule has 1 N–H and O–H groups in total. The third-order valence-corrected chi connectivity index (χ3v) is 3.27. The first-order valence-electron chi connectivity index (χ1n) is 6.13. The zero-order valence-corrected chi connectivity index (χ0v) is 11.5. The highest BCUT2D eigenvalue weighted by Crippen LogP contribution is 2.01. The maximum Gasteiger partial charge on any atom is 0.256 e. The van der Waals surface area contributed by atoms with Gasteiger partial charge in [0.15, 0.2) is 0 Å². The van der Waals surface area contributed by atoms with Crippen molar-refractivity contribution in [1.82, 2.24) is 15.1 Å². The van der Waals surface area contributed by atoms with Crippen molar-refractivity contribution in [2.24, 2.45) is 0 Å². The Bertz CT molecular complexity index is 240. The Morgan fingerprint density at radius 3 is 2.59 bits per heavy atom. The number of piperazine rings is 1. The van der Waals surface area contributed by atoms with Gasteiger partial charge in [-0.25, -0.2) is 0 Å². The molecule has 1 saturated heterocycles. The number of ether oxygens (including phenoxy) is 1. The van der Waals surface area contributed by atoms with Crippen LogP contribution in [0.25, 0.3) is 0 Å². The van der Waals surface area contributed by atoms with Crippen LogP contribution in [0.3, 0.4) is 0 Å². The van der Waals surface area contributed by atoms with Gasteiger partial charge >= 0.3 is 0 Å². The Hall–Kier alpha value is -0.650. The molecule has 1 fully saturated rings. The second kappa shape index (κ2) is 8.44. The van der Waals surface area contributed by atoms with Gasteiger partial charge in [-0.05, 0) is 25.2 Å². The summed E-state index contributed by atoms with van der Waals surface area (Å²) < 4.78 is 4.87. The molecular formula is C12H23N3OS. The molecule has 0 amide bonds. The quantitative estimate of drug-likeness (QED) is 0.430. The number of methoxy groups -OCH3 is 1. The van der Waals surface area contributed by atoms with Gasteiger partial charge in [0, 0.05) is 39.3 Å². The van der Waals surface area contributed by atoms with E-state index in [0.717, 1.165) is 52.2 Å². The first-order chi connectivity index (χ1) is 8.26. The van der Waals surface area contributed by atoms with Crippen molar-refractivity contribution in [1.29, 1.82) is 0 Å². The Labute approximate surface area is 110 Å². The number of hydrogen-bond acceptors (Lipinski definition) is 4. The topological polar surface area (TPSA) is 27.7 Å². The summed E-state index contributed by atoms with van der Waals surface area (Å²) in [7, 11) is 1.59. The number of nitrogens with zero attached hydrogens (tertiary/aromatic N) is 2. The number of rotatable bonds is 6. The molecule has 1 aliphatic heterocycles. The smallest absolute Gasteiger partial charge is 0.256 e. The summed E-state index contributed by atoms with van der Waals surface area (Å²) in [4.78, 5) is 4.93. The molecule has 1 aliphatic rings. The van der Waals surface area contributed by atoms with E-state index in [1.165, 1.54) is 0 Å². The molecule has 5 heteroatoms. The lowest BCUT2D eigenvalue weighted by molar-refractivity contribution is 0.141. The SMILES string of the molecule is C=CCN1CCN(CCCNC(=S)OC)CC1. The molecule has 98 valence electrons. The van der Waals surface area contributed by atoms with Crippen LogP contribution in [-0.4, -0.2) is 67.9 Å². The van der Waals surface area contributed by atoms with Crippen molar-refractivity contribution >= 4 is 17.4 Å². The molecule has 0 saturated carbocycles. The molecule has 0 radical (unpaired) electrons. The predicted octanol–water partition coefficient (Wildman–Crippen LogP) is 0.701. The van der Waals surface area contributed by atoms with E-state index in [1.807, 2.05) is 6.08 Å². The molecule has 0 aromatic rings. The first kappa shape index (κ1) is 14.4. The van der Waals surface area contributed by atoms with Gasteiger partial charge in [0.2, 0.25) is 0 Å². The van der Waals surface area contributed by atoms with Crippen molar-refractivity contribution in [3.05, 3.63) is 12.7 Å². The molecule has 0 aliphatic carbocycles. The van der Waals surface area contributed by atoms with E-state index >= 15 is 0 Å². The predicted molar refractivity (Wildman–Crippen MR) is 75.3 cm³/mol. The van der Waals surface area contributed by atoms with Gasteiger partial charge < -0.3 is 15.0 Å². The Morgan fingerprint density at radius 1 is 1.35 bits per heavy atom. The van der Waals surface area contributed by atoms with E-state index in [4.69, 9.17) is 17.0 Å². The van der Waals surface area contributed by atoms with Crippen LogP contribution in [0.4, 0.5) is 0 Å². The molecule has 17 heavy (non-hydrogen) atoms. The molecule has 1 rings (SSSR count). The Morgan fingerprint density at radius 2 is 2.00 bits per heavy atom. The highest BCUT2D eigenvalue weighted by Gasteiger charge is 2.14. The molecule has 4 nitrogen and oxygen atoms in total. The van der Waals surface area contributed by atoms with E-state index < -0.39 is 0 Å². The van der Waals surface area contributed by atoms with Crippen LogP contribution < -0.4 is 5.32 Å². The fourth-order valence-electron chi connectivity index (χ4n) is 1.94. The first-order valence-corrected chi connectivity index (χ1v) is 6.54. The van der Waals surface area contributed by atoms with Crippen molar-refractivity contribution in [3.63, 3.8) is 0 Å². The molecule has 0 spiro atoms. The van der Waals surface area contributed by atoms with Crippen molar-refractivity contribution < 1.29 is 4.74 Å². The van der Waals surface area contributed by atoms with Gasteiger partial charge in [-0.3, -0.25) is 4.90 Å². The average molecular weight is 257 g/mol. The zero-order valence-electron chi connectivity index (χ0n) is 10.7. The minimum atomic E-state index is 0.487. The van der Waals surface area contributed by atoms with Gasteiger partial charge in [-0.1, -0.05) is 6.08 Å². The molecular weight excluding hydrogens is 234 g/mol. The van der Waals surface area contributed by atoms with E-state index in [2.05, 4.69) is 21.7 Å². The molecule has 0 unspecified atom stereocenters. The molecule has 0 aromatic heterocycles. The summed E-state index contributed by atoms with van der Waals surface area (Å²) >= 11 is 4.91. The number of hydrogen-bond donors (Lipinski definition) is 1. The van der Waals surface area contributed by atoms with E-state index in [1.54, 1.807) is 7.11 Å². The molecule has 0 aromatic carbocycles. The summed E-state index contributed by atoms with van der Waals surface area (Å²) in [5.41, 5.74) is 0. The van der Waals surface area contributed by atoms with Gasteiger partial charge in [0.1, 0.15) is 0 Å². The van der Waals surface area contributed by atoms with E-state index in [-0.39, 0.29) is 0 Å². The third-order valence-electron chi connectivity index (χ3n) is 2.96. The zero-order chi connectivity index (χ0) is 12.5. The lowest BCUT2D eigenvalue weighted by atomic mass is 10.3. The summed E-state index contributed by atoms with van der Waals surface area (Å²) in [6, 6.07) is 0. The largest absolute Gasteiger partial charge is 0.474 e. The fourth-order valence-corrected chi connectivity index (χ4v) is 2.05. The Balaban J connectivity index is 2.02. The van der Waals surface area contributed by atoms with Crippen LogP contribution in [0.15, 0.2) is 12.7 Å². The van der Waals surface area contributed by atoms with Gasteiger partial charge in [0.25, 0.3) is 5.17 Å². The van der Waals surface area contributed by atoms with Crippen molar-refractivity contribution in [2.75, 3.05) is 52.9 Å². The normalized spacial score (nSPS) is 17.7. The van der Waals surface area contributed by atoms with E-state index in [0.29, 0.717) is 5.17 Å². The highest BCUT2D eigenvalue weighted by molar-refractivity contribution is 7.80. The van der Waals surface area contributed by atoms with Crippen LogP contribution in [-0.2, 0) is 4.74 Å². The van der Waals surface area contributed by atoms with Crippen LogP contribution in [0.1, 0.15) is 6.42 Å². The molecule has 1 heterocycles. The Kier molecular flexibility index (Phi) is 7.16. The summed E-state index contributed by atoms with van der Waals surface area (Å²) in [6.45, 7) is 11.4. The van der Waals surface area contributed by atoms with Gasteiger partial charge in [0.05, 0.1) is 7.11 Å². The second-order valence-electron chi connectivity index (χ2n) is 4.20. The third kappa shape index (κ3) is 6.00. The average Bonchev–Trinajstić information content (AvgIpc) is 2.36. The highest BCUT2D eigenvalue weighted by atomic mass is 32.1. The van der Waals surface area contributed by atoms with Crippen LogP contribution >= 0.6 is 12.2 Å². The molecule has 0 bridgehead atoms.